The highest BCUT2D eigenvalue weighted by Gasteiger charge is 2.32. The number of aromatic nitrogens is 1. The van der Waals surface area contributed by atoms with E-state index < -0.39 is 23.2 Å². The fourth-order valence-electron chi connectivity index (χ4n) is 2.22. The van der Waals surface area contributed by atoms with Crippen molar-refractivity contribution in [3.8, 4) is 0 Å². The molecule has 20 heavy (non-hydrogen) atoms. The van der Waals surface area contributed by atoms with Gasteiger partial charge in [0, 0.05) is 19.3 Å². The number of nitrogens with zero attached hydrogens (tertiary/aromatic N) is 3. The van der Waals surface area contributed by atoms with Crippen molar-refractivity contribution in [3.05, 3.63) is 28.6 Å². The number of carboxylic acid groups (broad SMARTS) is 1. The maximum absolute atomic E-state index is 13.7. The minimum Gasteiger partial charge on any atom is -0.465 e. The molecule has 2 unspecified atom stereocenters. The molecule has 0 saturated carbocycles. The van der Waals surface area contributed by atoms with E-state index in [2.05, 4.69) is 10.3 Å². The molecule has 0 radical (unpaired) electrons. The van der Waals surface area contributed by atoms with Gasteiger partial charge in [0.2, 0.25) is 0 Å². The van der Waals surface area contributed by atoms with Crippen LogP contribution in [0.3, 0.4) is 0 Å². The molecule has 9 heteroatoms. The zero-order valence-corrected chi connectivity index (χ0v) is 10.4. The van der Waals surface area contributed by atoms with Crippen molar-refractivity contribution in [2.24, 2.45) is 0 Å². The molecule has 2 atom stereocenters. The second-order valence-corrected chi connectivity index (χ2v) is 4.43. The van der Waals surface area contributed by atoms with E-state index in [1.165, 1.54) is 12.3 Å². The van der Waals surface area contributed by atoms with Crippen LogP contribution in [0.1, 0.15) is 6.42 Å². The van der Waals surface area contributed by atoms with E-state index in [-0.39, 0.29) is 25.2 Å². The predicted molar refractivity (Wildman–Crippen MR) is 67.6 cm³/mol. The van der Waals surface area contributed by atoms with Crippen LogP contribution in [0.2, 0.25) is 0 Å². The summed E-state index contributed by atoms with van der Waals surface area (Å²) in [6.45, 7) is 0.322. The van der Waals surface area contributed by atoms with Gasteiger partial charge in [-0.25, -0.2) is 9.18 Å². The Labute approximate surface area is 113 Å². The topological polar surface area (TPSA) is 109 Å². The highest BCUT2D eigenvalue weighted by molar-refractivity contribution is 5.66. The van der Waals surface area contributed by atoms with E-state index >= 15 is 0 Å². The molecule has 0 aromatic carbocycles. The first-order valence-corrected chi connectivity index (χ1v) is 5.96. The normalized spacial score (nSPS) is 22.4. The number of hydrogen-bond acceptors (Lipinski definition) is 5. The molecule has 1 saturated heterocycles. The molecule has 2 rings (SSSR count). The van der Waals surface area contributed by atoms with Crippen LogP contribution < -0.4 is 10.2 Å². The van der Waals surface area contributed by atoms with Crippen LogP contribution in [0.5, 0.6) is 0 Å². The van der Waals surface area contributed by atoms with Gasteiger partial charge in [-0.2, -0.15) is 0 Å². The number of carbonyl (C=O) groups is 1. The number of pyridine rings is 1. The lowest BCUT2D eigenvalue weighted by molar-refractivity contribution is -0.384. The maximum Gasteiger partial charge on any atom is 0.405 e. The molecule has 1 aromatic rings. The maximum atomic E-state index is 13.7. The highest BCUT2D eigenvalue weighted by atomic mass is 19.1. The summed E-state index contributed by atoms with van der Waals surface area (Å²) in [4.78, 5) is 26.3. The van der Waals surface area contributed by atoms with E-state index in [4.69, 9.17) is 5.11 Å². The molecule has 2 heterocycles. The number of amides is 1. The van der Waals surface area contributed by atoms with E-state index in [1.807, 2.05) is 0 Å². The zero-order valence-electron chi connectivity index (χ0n) is 10.4. The van der Waals surface area contributed by atoms with Gasteiger partial charge in [-0.1, -0.05) is 0 Å². The first-order chi connectivity index (χ1) is 9.49. The van der Waals surface area contributed by atoms with Gasteiger partial charge in [-0.05, 0) is 12.5 Å². The Morgan fingerprint density at radius 2 is 2.40 bits per heavy atom. The first kappa shape index (κ1) is 14.0. The third-order valence-electron chi connectivity index (χ3n) is 3.15. The minimum absolute atomic E-state index is 0.0400. The molecule has 0 spiro atoms. The molecule has 0 aliphatic carbocycles. The Kier molecular flexibility index (Phi) is 3.97. The average molecular weight is 284 g/mol. The van der Waals surface area contributed by atoms with Crippen LogP contribution in [0.4, 0.5) is 20.6 Å². The number of nitrogens with one attached hydrogen (secondary N) is 1. The van der Waals surface area contributed by atoms with Gasteiger partial charge >= 0.3 is 11.8 Å². The van der Waals surface area contributed by atoms with E-state index in [9.17, 15) is 19.3 Å². The molecule has 0 bridgehead atoms. The largest absolute Gasteiger partial charge is 0.465 e. The van der Waals surface area contributed by atoms with Crippen molar-refractivity contribution in [3.63, 3.8) is 0 Å². The Morgan fingerprint density at radius 3 is 3.05 bits per heavy atom. The molecule has 1 fully saturated rings. The van der Waals surface area contributed by atoms with Gasteiger partial charge in [0.15, 0.2) is 0 Å². The van der Waals surface area contributed by atoms with Crippen molar-refractivity contribution >= 4 is 17.5 Å². The van der Waals surface area contributed by atoms with Crippen molar-refractivity contribution in [1.82, 2.24) is 10.3 Å². The Morgan fingerprint density at radius 1 is 1.65 bits per heavy atom. The van der Waals surface area contributed by atoms with Crippen LogP contribution in [-0.4, -0.2) is 46.4 Å². The van der Waals surface area contributed by atoms with Crippen molar-refractivity contribution in [2.75, 3.05) is 18.0 Å². The number of hydrogen-bond donors (Lipinski definition) is 2. The fourth-order valence-corrected chi connectivity index (χ4v) is 2.22. The minimum atomic E-state index is -1.32. The summed E-state index contributed by atoms with van der Waals surface area (Å²) >= 11 is 0. The molecule has 1 aliphatic rings. The lowest BCUT2D eigenvalue weighted by Crippen LogP contribution is -2.53. The molecule has 8 nitrogen and oxygen atoms in total. The fraction of sp³-hybridized carbons (Fsp3) is 0.455. The average Bonchev–Trinajstić information content (AvgIpc) is 2.40. The molecule has 108 valence electrons. The summed E-state index contributed by atoms with van der Waals surface area (Å²) in [6, 6.07) is 0.558. The smallest absolute Gasteiger partial charge is 0.405 e. The molecule has 1 amide bonds. The summed E-state index contributed by atoms with van der Waals surface area (Å²) in [5.74, 6) is 0. The molecular weight excluding hydrogens is 271 g/mol. The van der Waals surface area contributed by atoms with E-state index in [1.54, 1.807) is 4.90 Å². The molecule has 1 aliphatic heterocycles. The summed E-state index contributed by atoms with van der Waals surface area (Å²) in [5, 5.41) is 21.7. The van der Waals surface area contributed by atoms with Crippen molar-refractivity contribution in [1.29, 1.82) is 0 Å². The monoisotopic (exact) mass is 284 g/mol. The number of rotatable bonds is 3. The third-order valence-corrected chi connectivity index (χ3v) is 3.15. The number of piperidine rings is 1. The molecule has 2 N–H and O–H groups in total. The van der Waals surface area contributed by atoms with Gasteiger partial charge < -0.3 is 15.3 Å². The molecular formula is C11H13FN4O4. The number of alkyl halides is 1. The standard InChI is InChI=1S/C11H13FN4O4/c12-7-2-4-15(6-8(7)14-11(17)18)9-1-3-13-5-10(9)16(19)20/h1,3,5,7-8,14H,2,4,6H2,(H,17,18). The second-order valence-electron chi connectivity index (χ2n) is 4.43. The quantitative estimate of drug-likeness (QED) is 0.637. The summed E-state index contributed by atoms with van der Waals surface area (Å²) in [5.41, 5.74) is 0.132. The Bertz CT molecular complexity index is 527. The second kappa shape index (κ2) is 5.68. The summed E-state index contributed by atoms with van der Waals surface area (Å²) in [7, 11) is 0. The van der Waals surface area contributed by atoms with Crippen LogP contribution in [0, 0.1) is 10.1 Å². The van der Waals surface area contributed by atoms with Crippen molar-refractivity contribution in [2.45, 2.75) is 18.6 Å². The SMILES string of the molecule is O=C(O)NC1CN(c2ccncc2[N+](=O)[O-])CCC1F. The van der Waals surface area contributed by atoms with E-state index in [0.717, 1.165) is 6.20 Å². The Hall–Kier alpha value is -2.45. The zero-order chi connectivity index (χ0) is 14.7. The number of nitro groups is 1. The van der Waals surface area contributed by atoms with Gasteiger partial charge in [-0.15, -0.1) is 0 Å². The lowest BCUT2D eigenvalue weighted by atomic mass is 10.0. The molecule has 1 aromatic heterocycles. The number of halogens is 1. The van der Waals surface area contributed by atoms with Gasteiger partial charge in [-0.3, -0.25) is 15.1 Å². The van der Waals surface area contributed by atoms with Gasteiger partial charge in [0.05, 0.1) is 11.0 Å². The van der Waals surface area contributed by atoms with Gasteiger partial charge in [0.25, 0.3) is 0 Å². The highest BCUT2D eigenvalue weighted by Crippen LogP contribution is 2.29. The Balaban J connectivity index is 2.21. The van der Waals surface area contributed by atoms with Crippen LogP contribution in [0.25, 0.3) is 0 Å². The number of anilines is 1. The van der Waals surface area contributed by atoms with Crippen molar-refractivity contribution < 1.29 is 19.2 Å². The van der Waals surface area contributed by atoms with Gasteiger partial charge in [0.1, 0.15) is 18.1 Å². The van der Waals surface area contributed by atoms with Crippen LogP contribution >= 0.6 is 0 Å². The summed E-state index contributed by atoms with van der Waals surface area (Å²) in [6.07, 6.45) is 0.0108. The summed E-state index contributed by atoms with van der Waals surface area (Å²) < 4.78 is 13.7. The van der Waals surface area contributed by atoms with Crippen LogP contribution in [-0.2, 0) is 0 Å². The predicted octanol–water partition coefficient (Wildman–Crippen LogP) is 1.17. The lowest BCUT2D eigenvalue weighted by Gasteiger charge is -2.35. The first-order valence-electron chi connectivity index (χ1n) is 5.96. The van der Waals surface area contributed by atoms with E-state index in [0.29, 0.717) is 5.69 Å². The third kappa shape index (κ3) is 2.92. The van der Waals surface area contributed by atoms with Crippen LogP contribution in [0.15, 0.2) is 18.5 Å².